The summed E-state index contributed by atoms with van der Waals surface area (Å²) in [7, 11) is 0. The number of nitrogens with zero attached hydrogens (tertiary/aromatic N) is 1. The number of benzene rings is 1. The van der Waals surface area contributed by atoms with Gasteiger partial charge in [0.05, 0.1) is 6.54 Å². The summed E-state index contributed by atoms with van der Waals surface area (Å²) in [5, 5.41) is 3.02. The summed E-state index contributed by atoms with van der Waals surface area (Å²) in [4.78, 5) is 4.49. The van der Waals surface area contributed by atoms with Gasteiger partial charge >= 0.3 is 0 Å². The van der Waals surface area contributed by atoms with Crippen molar-refractivity contribution >= 4 is 21.9 Å². The fourth-order valence-electron chi connectivity index (χ4n) is 2.48. The molecule has 1 aliphatic rings. The van der Waals surface area contributed by atoms with Crippen molar-refractivity contribution in [3.8, 4) is 0 Å². The molecule has 0 spiro atoms. The molecule has 0 heterocycles. The summed E-state index contributed by atoms with van der Waals surface area (Å²) in [5.74, 6) is 0.498. The predicted octanol–water partition coefficient (Wildman–Crippen LogP) is 2.96. The number of halogens is 1. The SMILES string of the molecule is C=CCNC(N)=NCC1(c2ccccc2Br)CCC1. The van der Waals surface area contributed by atoms with Crippen molar-refractivity contribution in [3.05, 3.63) is 47.0 Å². The molecular formula is C15H20BrN3. The highest BCUT2D eigenvalue weighted by molar-refractivity contribution is 9.10. The summed E-state index contributed by atoms with van der Waals surface area (Å²) in [6.07, 6.45) is 5.38. The van der Waals surface area contributed by atoms with Crippen LogP contribution in [0.2, 0.25) is 0 Å². The fourth-order valence-corrected chi connectivity index (χ4v) is 3.18. The molecule has 4 heteroatoms. The Morgan fingerprint density at radius 3 is 2.79 bits per heavy atom. The molecule has 0 bridgehead atoms. The van der Waals surface area contributed by atoms with E-state index in [1.54, 1.807) is 6.08 Å². The number of nitrogens with two attached hydrogens (primary N) is 1. The maximum absolute atomic E-state index is 5.84. The van der Waals surface area contributed by atoms with Gasteiger partial charge in [-0.05, 0) is 24.5 Å². The van der Waals surface area contributed by atoms with Gasteiger partial charge in [-0.1, -0.05) is 46.6 Å². The topological polar surface area (TPSA) is 50.4 Å². The highest BCUT2D eigenvalue weighted by atomic mass is 79.9. The minimum Gasteiger partial charge on any atom is -0.370 e. The number of rotatable bonds is 5. The third-order valence-electron chi connectivity index (χ3n) is 3.74. The first-order valence-corrected chi connectivity index (χ1v) is 7.37. The van der Waals surface area contributed by atoms with Crippen LogP contribution in [-0.4, -0.2) is 19.0 Å². The van der Waals surface area contributed by atoms with Crippen LogP contribution in [0.5, 0.6) is 0 Å². The van der Waals surface area contributed by atoms with Crippen LogP contribution in [0.4, 0.5) is 0 Å². The summed E-state index contributed by atoms with van der Waals surface area (Å²) in [6.45, 7) is 5.04. The lowest BCUT2D eigenvalue weighted by molar-refractivity contribution is 0.252. The van der Waals surface area contributed by atoms with Crippen molar-refractivity contribution in [2.24, 2.45) is 10.7 Å². The van der Waals surface area contributed by atoms with E-state index in [9.17, 15) is 0 Å². The normalized spacial score (nSPS) is 17.6. The van der Waals surface area contributed by atoms with Crippen LogP contribution in [-0.2, 0) is 5.41 Å². The van der Waals surface area contributed by atoms with Crippen LogP contribution in [0.25, 0.3) is 0 Å². The molecule has 19 heavy (non-hydrogen) atoms. The highest BCUT2D eigenvalue weighted by Gasteiger charge is 2.39. The van der Waals surface area contributed by atoms with E-state index in [1.807, 2.05) is 6.07 Å². The Morgan fingerprint density at radius 1 is 1.47 bits per heavy atom. The molecule has 0 atom stereocenters. The van der Waals surface area contributed by atoms with E-state index in [4.69, 9.17) is 5.73 Å². The highest BCUT2D eigenvalue weighted by Crippen LogP contribution is 2.46. The molecule has 102 valence electrons. The van der Waals surface area contributed by atoms with Gasteiger partial charge in [0.2, 0.25) is 0 Å². The Kier molecular flexibility index (Phi) is 4.64. The Labute approximate surface area is 123 Å². The number of hydrogen-bond acceptors (Lipinski definition) is 1. The Balaban J connectivity index is 2.11. The lowest BCUT2D eigenvalue weighted by Crippen LogP contribution is -2.40. The molecule has 1 aromatic carbocycles. The minimum absolute atomic E-state index is 0.153. The zero-order valence-electron chi connectivity index (χ0n) is 11.0. The van der Waals surface area contributed by atoms with Gasteiger partial charge in [0.15, 0.2) is 5.96 Å². The smallest absolute Gasteiger partial charge is 0.188 e. The second-order valence-corrected chi connectivity index (χ2v) is 5.84. The van der Waals surface area contributed by atoms with Gasteiger partial charge in [-0.2, -0.15) is 0 Å². The van der Waals surface area contributed by atoms with E-state index in [2.05, 4.69) is 51.0 Å². The fraction of sp³-hybridized carbons (Fsp3) is 0.400. The van der Waals surface area contributed by atoms with Crippen molar-refractivity contribution in [1.82, 2.24) is 5.32 Å². The first kappa shape index (κ1) is 14.1. The second kappa shape index (κ2) is 6.24. The zero-order valence-corrected chi connectivity index (χ0v) is 12.6. The van der Waals surface area contributed by atoms with Gasteiger partial charge in [-0.15, -0.1) is 6.58 Å². The maximum Gasteiger partial charge on any atom is 0.188 e. The van der Waals surface area contributed by atoms with Crippen molar-refractivity contribution < 1.29 is 0 Å². The molecule has 0 saturated heterocycles. The van der Waals surface area contributed by atoms with Crippen LogP contribution < -0.4 is 11.1 Å². The molecule has 1 aliphatic carbocycles. The van der Waals surface area contributed by atoms with Gasteiger partial charge in [0.1, 0.15) is 0 Å². The van der Waals surface area contributed by atoms with E-state index in [1.165, 1.54) is 29.3 Å². The quantitative estimate of drug-likeness (QED) is 0.497. The molecular weight excluding hydrogens is 302 g/mol. The summed E-state index contributed by atoms with van der Waals surface area (Å²) >= 11 is 3.65. The molecule has 0 unspecified atom stereocenters. The second-order valence-electron chi connectivity index (χ2n) is 4.98. The molecule has 1 saturated carbocycles. The van der Waals surface area contributed by atoms with Crippen LogP contribution in [0.3, 0.4) is 0 Å². The Bertz CT molecular complexity index is 478. The standard InChI is InChI=1S/C15H20BrN3/c1-2-10-18-14(17)19-11-15(8-5-9-15)12-6-3-4-7-13(12)16/h2-4,6-7H,1,5,8-11H2,(H3,17,18,19). The minimum atomic E-state index is 0.153. The number of aliphatic imine (C=N–C) groups is 1. The van der Waals surface area contributed by atoms with Crippen LogP contribution >= 0.6 is 15.9 Å². The third kappa shape index (κ3) is 3.18. The van der Waals surface area contributed by atoms with Crippen LogP contribution in [0, 0.1) is 0 Å². The zero-order chi connectivity index (χ0) is 13.7. The molecule has 2 rings (SSSR count). The monoisotopic (exact) mass is 321 g/mol. The van der Waals surface area contributed by atoms with Gasteiger partial charge in [-0.3, -0.25) is 4.99 Å². The lowest BCUT2D eigenvalue weighted by Gasteiger charge is -2.42. The molecule has 0 aliphatic heterocycles. The molecule has 0 radical (unpaired) electrons. The molecule has 3 N–H and O–H groups in total. The van der Waals surface area contributed by atoms with Crippen molar-refractivity contribution in [2.45, 2.75) is 24.7 Å². The Hall–Kier alpha value is -1.29. The number of nitrogens with one attached hydrogen (secondary N) is 1. The van der Waals surface area contributed by atoms with Crippen LogP contribution in [0.1, 0.15) is 24.8 Å². The Morgan fingerprint density at radius 2 is 2.21 bits per heavy atom. The van der Waals surface area contributed by atoms with Gasteiger partial charge in [0.25, 0.3) is 0 Å². The van der Waals surface area contributed by atoms with Crippen LogP contribution in [0.15, 0.2) is 46.4 Å². The average Bonchev–Trinajstić information content (AvgIpc) is 2.37. The van der Waals surface area contributed by atoms with E-state index < -0.39 is 0 Å². The molecule has 0 amide bonds. The van der Waals surface area contributed by atoms with E-state index in [0.29, 0.717) is 12.5 Å². The van der Waals surface area contributed by atoms with Gasteiger partial charge in [0, 0.05) is 16.4 Å². The van der Waals surface area contributed by atoms with E-state index in [0.717, 1.165) is 6.54 Å². The average molecular weight is 322 g/mol. The number of hydrogen-bond donors (Lipinski definition) is 2. The van der Waals surface area contributed by atoms with Gasteiger partial charge in [-0.25, -0.2) is 0 Å². The third-order valence-corrected chi connectivity index (χ3v) is 4.43. The summed E-state index contributed by atoms with van der Waals surface area (Å²) in [6, 6.07) is 8.41. The summed E-state index contributed by atoms with van der Waals surface area (Å²) < 4.78 is 1.17. The first-order valence-electron chi connectivity index (χ1n) is 6.58. The van der Waals surface area contributed by atoms with E-state index >= 15 is 0 Å². The summed E-state index contributed by atoms with van der Waals surface area (Å²) in [5.41, 5.74) is 7.34. The van der Waals surface area contributed by atoms with Crippen molar-refractivity contribution in [3.63, 3.8) is 0 Å². The van der Waals surface area contributed by atoms with Gasteiger partial charge < -0.3 is 11.1 Å². The molecule has 1 aromatic rings. The van der Waals surface area contributed by atoms with Crippen molar-refractivity contribution in [1.29, 1.82) is 0 Å². The van der Waals surface area contributed by atoms with Crippen molar-refractivity contribution in [2.75, 3.05) is 13.1 Å². The number of guanidine groups is 1. The lowest BCUT2D eigenvalue weighted by atomic mass is 9.64. The molecule has 1 fully saturated rings. The first-order chi connectivity index (χ1) is 9.18. The molecule has 3 nitrogen and oxygen atoms in total. The predicted molar refractivity (Wildman–Crippen MR) is 84.4 cm³/mol. The molecule has 0 aromatic heterocycles. The van der Waals surface area contributed by atoms with E-state index in [-0.39, 0.29) is 5.41 Å². The maximum atomic E-state index is 5.84. The largest absolute Gasteiger partial charge is 0.370 e.